The highest BCUT2D eigenvalue weighted by Gasteiger charge is 2.35. The lowest BCUT2D eigenvalue weighted by atomic mass is 9.89. The van der Waals surface area contributed by atoms with Crippen molar-refractivity contribution in [3.63, 3.8) is 0 Å². The fraction of sp³-hybridized carbons (Fsp3) is 0.846. The molecule has 2 N–H and O–H groups in total. The number of rotatable bonds is 7. The maximum absolute atomic E-state index is 12.1. The number of hydrogen-bond donors (Lipinski definition) is 2. The molecule has 0 heterocycles. The molecule has 4 heteroatoms. The van der Waals surface area contributed by atoms with Crippen LogP contribution in [0, 0.1) is 11.8 Å². The molecule has 0 aliphatic heterocycles. The van der Waals surface area contributed by atoms with Gasteiger partial charge in [-0.1, -0.05) is 34.1 Å². The summed E-state index contributed by atoms with van der Waals surface area (Å²) in [5, 5.41) is 11.8. The van der Waals surface area contributed by atoms with Gasteiger partial charge in [0.15, 0.2) is 0 Å². The molecule has 0 rings (SSSR count). The van der Waals surface area contributed by atoms with E-state index in [1.807, 2.05) is 20.8 Å². The Bertz CT molecular complexity index is 276. The molecule has 1 amide bonds. The molecular formula is C13H25NO3. The summed E-state index contributed by atoms with van der Waals surface area (Å²) in [5.41, 5.74) is -1.15. The molecule has 0 saturated carbocycles. The van der Waals surface area contributed by atoms with Crippen LogP contribution in [0.15, 0.2) is 0 Å². The predicted octanol–water partition coefficient (Wildman–Crippen LogP) is 2.43. The van der Waals surface area contributed by atoms with Crippen molar-refractivity contribution < 1.29 is 14.7 Å². The van der Waals surface area contributed by atoms with E-state index in [1.54, 1.807) is 13.8 Å². The van der Waals surface area contributed by atoms with Gasteiger partial charge in [-0.05, 0) is 25.7 Å². The average Bonchev–Trinajstić information content (AvgIpc) is 2.24. The Morgan fingerprint density at radius 2 is 1.82 bits per heavy atom. The third-order valence-corrected chi connectivity index (χ3v) is 3.32. The Balaban J connectivity index is 4.75. The van der Waals surface area contributed by atoms with Gasteiger partial charge in [-0.2, -0.15) is 0 Å². The third-order valence-electron chi connectivity index (χ3n) is 3.32. The third kappa shape index (κ3) is 4.36. The zero-order valence-corrected chi connectivity index (χ0v) is 11.5. The summed E-state index contributed by atoms with van der Waals surface area (Å²) in [6.45, 7) is 9.32. The van der Waals surface area contributed by atoms with E-state index >= 15 is 0 Å². The molecule has 0 aliphatic rings. The monoisotopic (exact) mass is 243 g/mol. The van der Waals surface area contributed by atoms with Crippen LogP contribution in [0.4, 0.5) is 0 Å². The molecule has 4 nitrogen and oxygen atoms in total. The summed E-state index contributed by atoms with van der Waals surface area (Å²) in [4.78, 5) is 23.2. The van der Waals surface area contributed by atoms with Crippen LogP contribution in [-0.2, 0) is 9.59 Å². The van der Waals surface area contributed by atoms with Gasteiger partial charge in [0.25, 0.3) is 0 Å². The molecule has 0 aromatic carbocycles. The van der Waals surface area contributed by atoms with Crippen LogP contribution >= 0.6 is 0 Å². The average molecular weight is 243 g/mol. The predicted molar refractivity (Wildman–Crippen MR) is 67.7 cm³/mol. The number of nitrogens with one attached hydrogen (secondary N) is 1. The van der Waals surface area contributed by atoms with Crippen molar-refractivity contribution in [2.24, 2.45) is 11.8 Å². The van der Waals surface area contributed by atoms with E-state index in [0.29, 0.717) is 6.42 Å². The van der Waals surface area contributed by atoms with Gasteiger partial charge >= 0.3 is 5.97 Å². The second-order valence-corrected chi connectivity index (χ2v) is 5.12. The van der Waals surface area contributed by atoms with E-state index in [-0.39, 0.29) is 17.7 Å². The maximum Gasteiger partial charge on any atom is 0.329 e. The van der Waals surface area contributed by atoms with E-state index in [0.717, 1.165) is 12.8 Å². The van der Waals surface area contributed by atoms with E-state index in [1.165, 1.54) is 0 Å². The molecule has 0 bridgehead atoms. The first-order chi connectivity index (χ1) is 7.78. The molecule has 0 fully saturated rings. The standard InChI is InChI=1S/C13H25NO3/c1-6-8-10(9(3)4)11(15)14-13(5,7-2)12(16)17/h9-10H,6-8H2,1-5H3,(H,14,15)(H,16,17). The minimum Gasteiger partial charge on any atom is -0.480 e. The fourth-order valence-electron chi connectivity index (χ4n) is 1.74. The van der Waals surface area contributed by atoms with E-state index in [2.05, 4.69) is 5.32 Å². The van der Waals surface area contributed by atoms with Crippen molar-refractivity contribution in [3.8, 4) is 0 Å². The van der Waals surface area contributed by atoms with Crippen LogP contribution in [0.5, 0.6) is 0 Å². The van der Waals surface area contributed by atoms with Crippen LogP contribution < -0.4 is 5.32 Å². The zero-order chi connectivity index (χ0) is 13.6. The van der Waals surface area contributed by atoms with Crippen molar-refractivity contribution in [2.75, 3.05) is 0 Å². The van der Waals surface area contributed by atoms with Gasteiger partial charge in [-0.25, -0.2) is 4.79 Å². The van der Waals surface area contributed by atoms with Crippen molar-refractivity contribution >= 4 is 11.9 Å². The smallest absolute Gasteiger partial charge is 0.329 e. The summed E-state index contributed by atoms with van der Waals surface area (Å²) < 4.78 is 0. The van der Waals surface area contributed by atoms with Gasteiger partial charge in [0.2, 0.25) is 5.91 Å². The molecule has 17 heavy (non-hydrogen) atoms. The normalized spacial score (nSPS) is 16.4. The van der Waals surface area contributed by atoms with E-state index < -0.39 is 11.5 Å². The lowest BCUT2D eigenvalue weighted by Gasteiger charge is -2.28. The number of carbonyl (C=O) groups excluding carboxylic acids is 1. The lowest BCUT2D eigenvalue weighted by Crippen LogP contribution is -2.53. The molecule has 100 valence electrons. The second kappa shape index (κ2) is 6.62. The molecule has 0 aromatic rings. The first-order valence-corrected chi connectivity index (χ1v) is 6.33. The van der Waals surface area contributed by atoms with Crippen molar-refractivity contribution in [1.82, 2.24) is 5.32 Å². The van der Waals surface area contributed by atoms with Crippen LogP contribution in [0.3, 0.4) is 0 Å². The Kier molecular flexibility index (Phi) is 6.21. The number of amides is 1. The highest BCUT2D eigenvalue weighted by Crippen LogP contribution is 2.19. The van der Waals surface area contributed by atoms with Crippen LogP contribution in [-0.4, -0.2) is 22.5 Å². The Labute approximate surface area is 104 Å². The van der Waals surface area contributed by atoms with Gasteiger partial charge in [-0.15, -0.1) is 0 Å². The van der Waals surface area contributed by atoms with Crippen LogP contribution in [0.1, 0.15) is 53.9 Å². The molecule has 0 radical (unpaired) electrons. The first-order valence-electron chi connectivity index (χ1n) is 6.33. The summed E-state index contributed by atoms with van der Waals surface area (Å²) in [5.74, 6) is -1.00. The zero-order valence-electron chi connectivity index (χ0n) is 11.5. The molecular weight excluding hydrogens is 218 g/mol. The number of hydrogen-bond acceptors (Lipinski definition) is 2. The van der Waals surface area contributed by atoms with Crippen molar-refractivity contribution in [3.05, 3.63) is 0 Å². The minimum absolute atomic E-state index is 0.106. The van der Waals surface area contributed by atoms with E-state index in [9.17, 15) is 9.59 Å². The van der Waals surface area contributed by atoms with E-state index in [4.69, 9.17) is 5.11 Å². The number of aliphatic carboxylic acids is 1. The topological polar surface area (TPSA) is 66.4 Å². The molecule has 2 atom stereocenters. The largest absolute Gasteiger partial charge is 0.480 e. The Morgan fingerprint density at radius 1 is 1.29 bits per heavy atom. The SMILES string of the molecule is CCCC(C(=O)NC(C)(CC)C(=O)O)C(C)C. The first kappa shape index (κ1) is 15.9. The minimum atomic E-state index is -1.15. The highest BCUT2D eigenvalue weighted by molar-refractivity contribution is 5.87. The molecule has 0 aliphatic carbocycles. The number of carbonyl (C=O) groups is 2. The molecule has 0 spiro atoms. The van der Waals surface area contributed by atoms with Gasteiger partial charge < -0.3 is 10.4 Å². The molecule has 0 aromatic heterocycles. The number of carboxylic acids is 1. The summed E-state index contributed by atoms with van der Waals surface area (Å²) in [6, 6.07) is 0. The summed E-state index contributed by atoms with van der Waals surface area (Å²) >= 11 is 0. The highest BCUT2D eigenvalue weighted by atomic mass is 16.4. The Morgan fingerprint density at radius 3 is 2.12 bits per heavy atom. The van der Waals surface area contributed by atoms with Gasteiger partial charge in [0, 0.05) is 5.92 Å². The quantitative estimate of drug-likeness (QED) is 0.721. The molecule has 0 saturated heterocycles. The summed E-state index contributed by atoms with van der Waals surface area (Å²) in [6.07, 6.45) is 2.10. The van der Waals surface area contributed by atoms with Crippen LogP contribution in [0.2, 0.25) is 0 Å². The van der Waals surface area contributed by atoms with Crippen LogP contribution in [0.25, 0.3) is 0 Å². The van der Waals surface area contributed by atoms with Gasteiger partial charge in [0.1, 0.15) is 5.54 Å². The lowest BCUT2D eigenvalue weighted by molar-refractivity contribution is -0.148. The second-order valence-electron chi connectivity index (χ2n) is 5.12. The number of carboxylic acid groups (broad SMARTS) is 1. The van der Waals surface area contributed by atoms with Crippen molar-refractivity contribution in [1.29, 1.82) is 0 Å². The van der Waals surface area contributed by atoms with Crippen molar-refractivity contribution in [2.45, 2.75) is 59.4 Å². The van der Waals surface area contributed by atoms with Gasteiger partial charge in [0.05, 0.1) is 0 Å². The maximum atomic E-state index is 12.1. The summed E-state index contributed by atoms with van der Waals surface area (Å²) in [7, 11) is 0. The Hall–Kier alpha value is -1.06. The molecule has 2 unspecified atom stereocenters. The van der Waals surface area contributed by atoms with Gasteiger partial charge in [-0.3, -0.25) is 4.79 Å². The fourth-order valence-corrected chi connectivity index (χ4v) is 1.74.